The molecule has 0 radical (unpaired) electrons. The zero-order valence-electron chi connectivity index (χ0n) is 15.9. The van der Waals surface area contributed by atoms with Crippen molar-refractivity contribution in [3.05, 3.63) is 101 Å². The topological polar surface area (TPSA) is 38.2 Å². The molecule has 3 heteroatoms. The van der Waals surface area contributed by atoms with Crippen LogP contribution in [0.1, 0.15) is 28.5 Å². The molecular weight excluding hydrogens is 346 g/mol. The number of benzene rings is 3. The standard InChI is InChI=1S/C25H21NO2/c1-16-20-8-4-5-9-21(20)26-25(16)24(17-11-13-19(27-2)14-12-17)23-15-18-7-3-6-10-22(18)28-23/h3-15,24,26H,1-2H3. The van der Waals surface area contributed by atoms with Crippen molar-refractivity contribution >= 4 is 21.9 Å². The van der Waals surface area contributed by atoms with E-state index < -0.39 is 0 Å². The Kier molecular flexibility index (Phi) is 3.94. The van der Waals surface area contributed by atoms with E-state index in [1.165, 1.54) is 10.9 Å². The summed E-state index contributed by atoms with van der Waals surface area (Å²) >= 11 is 0. The first kappa shape index (κ1) is 16.7. The van der Waals surface area contributed by atoms with Crippen LogP contribution in [0.2, 0.25) is 0 Å². The number of H-pyrrole nitrogens is 1. The Morgan fingerprint density at radius 2 is 1.64 bits per heavy atom. The van der Waals surface area contributed by atoms with Gasteiger partial charge in [0.25, 0.3) is 0 Å². The number of ether oxygens (including phenoxy) is 1. The highest BCUT2D eigenvalue weighted by Crippen LogP contribution is 2.38. The first-order chi connectivity index (χ1) is 13.7. The molecule has 2 heterocycles. The summed E-state index contributed by atoms with van der Waals surface area (Å²) in [5.41, 5.74) is 5.62. The summed E-state index contributed by atoms with van der Waals surface area (Å²) in [6.07, 6.45) is 0. The zero-order valence-corrected chi connectivity index (χ0v) is 15.9. The number of aromatic nitrogens is 1. The van der Waals surface area contributed by atoms with Gasteiger partial charge in [-0.3, -0.25) is 0 Å². The molecule has 1 atom stereocenters. The highest BCUT2D eigenvalue weighted by atomic mass is 16.5. The second-order valence-electron chi connectivity index (χ2n) is 7.10. The van der Waals surface area contributed by atoms with E-state index in [1.807, 2.05) is 30.3 Å². The van der Waals surface area contributed by atoms with Crippen molar-refractivity contribution in [2.75, 3.05) is 7.11 Å². The molecule has 0 saturated carbocycles. The van der Waals surface area contributed by atoms with E-state index in [1.54, 1.807) is 7.11 Å². The number of methoxy groups -OCH3 is 1. The monoisotopic (exact) mass is 367 g/mol. The lowest BCUT2D eigenvalue weighted by atomic mass is 9.90. The lowest BCUT2D eigenvalue weighted by molar-refractivity contribution is 0.414. The third-order valence-corrected chi connectivity index (χ3v) is 5.47. The second kappa shape index (κ2) is 6.61. The van der Waals surface area contributed by atoms with Crippen LogP contribution in [0.3, 0.4) is 0 Å². The van der Waals surface area contributed by atoms with Crippen LogP contribution >= 0.6 is 0 Å². The van der Waals surface area contributed by atoms with Gasteiger partial charge in [-0.05, 0) is 48.4 Å². The van der Waals surface area contributed by atoms with Gasteiger partial charge >= 0.3 is 0 Å². The minimum atomic E-state index is -0.0225. The molecule has 2 aromatic heterocycles. The molecule has 0 bridgehead atoms. The molecule has 1 unspecified atom stereocenters. The summed E-state index contributed by atoms with van der Waals surface area (Å²) in [5.74, 6) is 1.76. The van der Waals surface area contributed by atoms with Crippen molar-refractivity contribution in [1.82, 2.24) is 4.98 Å². The quantitative estimate of drug-likeness (QED) is 0.398. The fourth-order valence-corrected chi connectivity index (χ4v) is 4.01. The van der Waals surface area contributed by atoms with Gasteiger partial charge in [0.2, 0.25) is 0 Å². The molecule has 0 spiro atoms. The Hall–Kier alpha value is -3.46. The largest absolute Gasteiger partial charge is 0.497 e. The van der Waals surface area contributed by atoms with E-state index in [0.29, 0.717) is 0 Å². The second-order valence-corrected chi connectivity index (χ2v) is 7.10. The average molecular weight is 367 g/mol. The Morgan fingerprint density at radius 1 is 0.893 bits per heavy atom. The fourth-order valence-electron chi connectivity index (χ4n) is 4.01. The van der Waals surface area contributed by atoms with Crippen molar-refractivity contribution in [2.24, 2.45) is 0 Å². The molecule has 3 nitrogen and oxygen atoms in total. The number of para-hydroxylation sites is 2. The molecule has 0 aliphatic carbocycles. The number of furan rings is 1. The van der Waals surface area contributed by atoms with Gasteiger partial charge in [0.05, 0.1) is 13.0 Å². The third kappa shape index (κ3) is 2.67. The van der Waals surface area contributed by atoms with Crippen LogP contribution in [-0.2, 0) is 0 Å². The number of aromatic amines is 1. The van der Waals surface area contributed by atoms with E-state index in [0.717, 1.165) is 39.3 Å². The van der Waals surface area contributed by atoms with E-state index >= 15 is 0 Å². The van der Waals surface area contributed by atoms with Crippen molar-refractivity contribution in [3.8, 4) is 5.75 Å². The summed E-state index contributed by atoms with van der Waals surface area (Å²) in [7, 11) is 1.69. The molecule has 0 fully saturated rings. The van der Waals surface area contributed by atoms with E-state index in [4.69, 9.17) is 9.15 Å². The third-order valence-electron chi connectivity index (χ3n) is 5.47. The maximum absolute atomic E-state index is 6.30. The predicted molar refractivity (Wildman–Crippen MR) is 113 cm³/mol. The van der Waals surface area contributed by atoms with Crippen LogP contribution in [-0.4, -0.2) is 12.1 Å². The maximum atomic E-state index is 6.30. The van der Waals surface area contributed by atoms with Crippen molar-refractivity contribution < 1.29 is 9.15 Å². The number of nitrogens with one attached hydrogen (secondary N) is 1. The molecule has 1 N–H and O–H groups in total. The molecule has 0 saturated heterocycles. The maximum Gasteiger partial charge on any atom is 0.134 e. The zero-order chi connectivity index (χ0) is 19.1. The number of fused-ring (bicyclic) bond motifs is 2. The van der Waals surface area contributed by atoms with Crippen molar-refractivity contribution in [1.29, 1.82) is 0 Å². The van der Waals surface area contributed by atoms with Gasteiger partial charge in [-0.15, -0.1) is 0 Å². The van der Waals surface area contributed by atoms with Gasteiger partial charge in [0.15, 0.2) is 0 Å². The van der Waals surface area contributed by atoms with Gasteiger partial charge in [-0.2, -0.15) is 0 Å². The molecule has 0 amide bonds. The molecule has 138 valence electrons. The van der Waals surface area contributed by atoms with Crippen LogP contribution in [0.15, 0.2) is 83.3 Å². The molecule has 5 aromatic rings. The summed E-state index contributed by atoms with van der Waals surface area (Å²) in [5, 5.41) is 2.36. The normalized spacial score (nSPS) is 12.5. The first-order valence-electron chi connectivity index (χ1n) is 9.44. The van der Waals surface area contributed by atoms with Crippen LogP contribution < -0.4 is 4.74 Å². The number of aryl methyl sites for hydroxylation is 1. The van der Waals surface area contributed by atoms with E-state index in [2.05, 4.69) is 60.4 Å². The van der Waals surface area contributed by atoms with Crippen LogP contribution in [0.5, 0.6) is 5.75 Å². The number of rotatable bonds is 4. The fraction of sp³-hybridized carbons (Fsp3) is 0.120. The summed E-state index contributed by atoms with van der Waals surface area (Å²) < 4.78 is 11.6. The highest BCUT2D eigenvalue weighted by Gasteiger charge is 2.25. The minimum absolute atomic E-state index is 0.0225. The van der Waals surface area contributed by atoms with Crippen molar-refractivity contribution in [2.45, 2.75) is 12.8 Å². The van der Waals surface area contributed by atoms with Gasteiger partial charge in [-0.1, -0.05) is 48.5 Å². The molecule has 0 aliphatic heterocycles. The van der Waals surface area contributed by atoms with E-state index in [-0.39, 0.29) is 5.92 Å². The molecule has 0 aliphatic rings. The molecule has 5 rings (SSSR count). The lowest BCUT2D eigenvalue weighted by Crippen LogP contribution is -2.04. The first-order valence-corrected chi connectivity index (χ1v) is 9.44. The van der Waals surface area contributed by atoms with Gasteiger partial charge in [-0.25, -0.2) is 0 Å². The number of hydrogen-bond acceptors (Lipinski definition) is 2. The van der Waals surface area contributed by atoms with Gasteiger partial charge in [0.1, 0.15) is 17.1 Å². The average Bonchev–Trinajstić information content (AvgIpc) is 3.31. The summed E-state index contributed by atoms with van der Waals surface area (Å²) in [6, 6.07) is 27.0. The highest BCUT2D eigenvalue weighted by molar-refractivity contribution is 5.85. The van der Waals surface area contributed by atoms with Gasteiger partial charge < -0.3 is 14.1 Å². The summed E-state index contributed by atoms with van der Waals surface area (Å²) in [4.78, 5) is 3.64. The molecule has 3 aromatic carbocycles. The number of hydrogen-bond donors (Lipinski definition) is 1. The predicted octanol–water partition coefficient (Wildman–Crippen LogP) is 6.41. The van der Waals surface area contributed by atoms with Crippen LogP contribution in [0.25, 0.3) is 21.9 Å². The van der Waals surface area contributed by atoms with E-state index in [9.17, 15) is 0 Å². The van der Waals surface area contributed by atoms with Crippen molar-refractivity contribution in [3.63, 3.8) is 0 Å². The smallest absolute Gasteiger partial charge is 0.134 e. The van der Waals surface area contributed by atoms with Crippen LogP contribution in [0, 0.1) is 6.92 Å². The van der Waals surface area contributed by atoms with Crippen LogP contribution in [0.4, 0.5) is 0 Å². The molecular formula is C25H21NO2. The minimum Gasteiger partial charge on any atom is -0.497 e. The Balaban J connectivity index is 1.74. The Morgan fingerprint density at radius 3 is 2.39 bits per heavy atom. The Bertz CT molecular complexity index is 1230. The Labute approximate surface area is 163 Å². The van der Waals surface area contributed by atoms with Gasteiger partial charge in [0, 0.05) is 22.0 Å². The summed E-state index contributed by atoms with van der Waals surface area (Å²) in [6.45, 7) is 2.17. The molecule has 28 heavy (non-hydrogen) atoms. The SMILES string of the molecule is COc1ccc(C(c2cc3ccccc3o2)c2[nH]c3ccccc3c2C)cc1. The lowest BCUT2D eigenvalue weighted by Gasteiger charge is -2.16.